The van der Waals surface area contributed by atoms with E-state index in [1.54, 1.807) is 89.8 Å². The van der Waals surface area contributed by atoms with Crippen LogP contribution >= 0.6 is 11.6 Å². The van der Waals surface area contributed by atoms with E-state index in [2.05, 4.69) is 4.72 Å². The van der Waals surface area contributed by atoms with Gasteiger partial charge >= 0.3 is 12.2 Å². The van der Waals surface area contributed by atoms with Gasteiger partial charge in [-0.25, -0.2) is 17.9 Å². The summed E-state index contributed by atoms with van der Waals surface area (Å²) in [6, 6.07) is 32.6. The molecule has 0 aliphatic heterocycles. The number of carbonyl (C=O) groups is 2. The number of hydrogen-bond acceptors (Lipinski definition) is 4. The zero-order valence-electron chi connectivity index (χ0n) is 28.3. The molecule has 3 amide bonds. The van der Waals surface area contributed by atoms with Gasteiger partial charge in [-0.05, 0) is 53.4 Å². The smallest absolute Gasteiger partial charge is 0.320 e. The van der Waals surface area contributed by atoms with Gasteiger partial charge in [-0.2, -0.15) is 13.2 Å². The summed E-state index contributed by atoms with van der Waals surface area (Å²) in [5.74, 6) is -0.872. The van der Waals surface area contributed by atoms with Gasteiger partial charge in [-0.1, -0.05) is 128 Å². The van der Waals surface area contributed by atoms with Gasteiger partial charge in [0, 0.05) is 18.7 Å². The predicted molar refractivity (Wildman–Crippen MR) is 197 cm³/mol. The maximum absolute atomic E-state index is 14.4. The molecule has 270 valence electrons. The van der Waals surface area contributed by atoms with Crippen LogP contribution in [0.4, 0.5) is 23.7 Å². The summed E-state index contributed by atoms with van der Waals surface area (Å²) in [4.78, 5) is 29.8. The van der Waals surface area contributed by atoms with E-state index in [4.69, 9.17) is 11.6 Å². The van der Waals surface area contributed by atoms with Crippen molar-refractivity contribution in [3.63, 3.8) is 0 Å². The van der Waals surface area contributed by atoms with Crippen LogP contribution in [0.15, 0.2) is 132 Å². The van der Waals surface area contributed by atoms with Crippen molar-refractivity contribution >= 4 is 39.2 Å². The van der Waals surface area contributed by atoms with E-state index >= 15 is 0 Å². The Balaban J connectivity index is 1.44. The number of sulfonamides is 1. The van der Waals surface area contributed by atoms with Gasteiger partial charge in [0.1, 0.15) is 0 Å². The van der Waals surface area contributed by atoms with Crippen molar-refractivity contribution in [2.45, 2.75) is 50.3 Å². The van der Waals surface area contributed by atoms with Crippen molar-refractivity contribution in [3.8, 4) is 11.1 Å². The van der Waals surface area contributed by atoms with E-state index in [1.165, 1.54) is 41.3 Å². The molecule has 0 atom stereocenters. The highest BCUT2D eigenvalue weighted by molar-refractivity contribution is 7.90. The molecule has 12 heteroatoms. The fourth-order valence-corrected chi connectivity index (χ4v) is 7.18. The fourth-order valence-electron chi connectivity index (χ4n) is 5.76. The summed E-state index contributed by atoms with van der Waals surface area (Å²) >= 11 is 6.11. The first kappa shape index (κ1) is 38.1. The van der Waals surface area contributed by atoms with Crippen molar-refractivity contribution < 1.29 is 31.2 Å². The van der Waals surface area contributed by atoms with Crippen LogP contribution in [0.1, 0.15) is 53.2 Å². The number of urea groups is 1. The molecule has 5 aromatic rings. The highest BCUT2D eigenvalue weighted by atomic mass is 35.5. The summed E-state index contributed by atoms with van der Waals surface area (Å²) in [6.45, 7) is 2.34. The van der Waals surface area contributed by atoms with E-state index in [0.717, 1.165) is 18.9 Å². The van der Waals surface area contributed by atoms with Gasteiger partial charge in [-0.3, -0.25) is 9.69 Å². The SMILES string of the molecule is CCCCCN(Cc1ccc(-c2ccccc2S(=O)(=O)NC(=O)c2ccccc2Cl)cc1)C(=O)N(Cc1ccccc1)c1ccccc1C(F)(F)F. The molecule has 0 aliphatic rings. The first-order valence-electron chi connectivity index (χ1n) is 16.7. The van der Waals surface area contributed by atoms with Gasteiger partial charge in [0.15, 0.2) is 0 Å². The molecule has 0 aromatic heterocycles. The standard InChI is InChI=1S/C40H37ClF3N3O4S/c1-2-3-13-26-46(39(49)47(28-29-14-5-4-6-15-29)36-20-11-9-18-34(36)40(42,43)44)27-30-22-24-31(25-23-30)32-16-8-12-21-37(32)52(50,51)45-38(48)33-17-7-10-19-35(33)41/h4-12,14-25H,2-3,13,26-28H2,1H3,(H,45,48). The van der Waals surface area contributed by atoms with Gasteiger partial charge in [0.25, 0.3) is 15.9 Å². The largest absolute Gasteiger partial charge is 0.418 e. The number of nitrogens with zero attached hydrogens (tertiary/aromatic N) is 2. The molecule has 0 spiro atoms. The van der Waals surface area contributed by atoms with Gasteiger partial charge < -0.3 is 4.90 Å². The quantitative estimate of drug-likeness (QED) is 0.122. The Morgan fingerprint density at radius 3 is 2.04 bits per heavy atom. The Morgan fingerprint density at radius 2 is 1.35 bits per heavy atom. The number of para-hydroxylation sites is 1. The van der Waals surface area contributed by atoms with Crippen molar-refractivity contribution in [2.24, 2.45) is 0 Å². The van der Waals surface area contributed by atoms with E-state index in [1.807, 2.05) is 6.92 Å². The van der Waals surface area contributed by atoms with Crippen LogP contribution in [0.25, 0.3) is 11.1 Å². The fraction of sp³-hybridized carbons (Fsp3) is 0.200. The van der Waals surface area contributed by atoms with E-state index in [9.17, 15) is 31.2 Å². The second-order valence-corrected chi connectivity index (χ2v) is 14.2. The molecular weight excluding hydrogens is 711 g/mol. The number of carbonyl (C=O) groups excluding carboxylic acids is 2. The number of rotatable bonds is 13. The van der Waals surface area contributed by atoms with Crippen LogP contribution in [-0.2, 0) is 29.3 Å². The van der Waals surface area contributed by atoms with Gasteiger partial charge in [0.2, 0.25) is 0 Å². The van der Waals surface area contributed by atoms with Gasteiger partial charge in [-0.15, -0.1) is 0 Å². The minimum Gasteiger partial charge on any atom is -0.320 e. The molecule has 0 unspecified atom stereocenters. The number of halogens is 4. The first-order valence-corrected chi connectivity index (χ1v) is 18.5. The molecule has 0 saturated heterocycles. The topological polar surface area (TPSA) is 86.8 Å². The summed E-state index contributed by atoms with van der Waals surface area (Å²) in [7, 11) is -4.33. The summed E-state index contributed by atoms with van der Waals surface area (Å²) in [5.41, 5.74) is 1.09. The molecule has 0 fully saturated rings. The molecule has 52 heavy (non-hydrogen) atoms. The van der Waals surface area contributed by atoms with Crippen LogP contribution < -0.4 is 9.62 Å². The van der Waals surface area contributed by atoms with E-state index < -0.39 is 33.7 Å². The Bertz CT molecular complexity index is 2110. The number of amides is 3. The second kappa shape index (κ2) is 16.9. The minimum absolute atomic E-state index is 0.0110. The molecule has 7 nitrogen and oxygen atoms in total. The lowest BCUT2D eigenvalue weighted by molar-refractivity contribution is -0.137. The maximum Gasteiger partial charge on any atom is 0.418 e. The lowest BCUT2D eigenvalue weighted by Crippen LogP contribution is -2.44. The molecule has 0 radical (unpaired) electrons. The third-order valence-corrected chi connectivity index (χ3v) is 10.1. The van der Waals surface area contributed by atoms with Crippen molar-refractivity contribution in [1.29, 1.82) is 0 Å². The number of anilines is 1. The van der Waals surface area contributed by atoms with Crippen LogP contribution in [0.5, 0.6) is 0 Å². The van der Waals surface area contributed by atoms with Crippen LogP contribution in [0.3, 0.4) is 0 Å². The lowest BCUT2D eigenvalue weighted by atomic mass is 10.0. The highest BCUT2D eigenvalue weighted by Gasteiger charge is 2.37. The third-order valence-electron chi connectivity index (χ3n) is 8.38. The van der Waals surface area contributed by atoms with Gasteiger partial charge in [0.05, 0.1) is 33.3 Å². The van der Waals surface area contributed by atoms with E-state index in [0.29, 0.717) is 35.2 Å². The molecule has 0 aliphatic carbocycles. The molecular formula is C40H37ClF3N3O4S. The second-order valence-electron chi connectivity index (χ2n) is 12.1. The number of alkyl halides is 3. The number of hydrogen-bond donors (Lipinski definition) is 1. The van der Waals surface area contributed by atoms with Crippen molar-refractivity contribution in [2.75, 3.05) is 11.4 Å². The molecule has 0 saturated carbocycles. The summed E-state index contributed by atoms with van der Waals surface area (Å²) in [6.07, 6.45) is -2.34. The average molecular weight is 748 g/mol. The molecule has 1 N–H and O–H groups in total. The van der Waals surface area contributed by atoms with Crippen LogP contribution in [0, 0.1) is 0 Å². The predicted octanol–water partition coefficient (Wildman–Crippen LogP) is 9.96. The minimum atomic E-state index is -4.68. The third kappa shape index (κ3) is 9.40. The number of nitrogens with one attached hydrogen (secondary N) is 1. The summed E-state index contributed by atoms with van der Waals surface area (Å²) in [5, 5.41) is 0.106. The lowest BCUT2D eigenvalue weighted by Gasteiger charge is -2.32. The molecule has 0 bridgehead atoms. The molecule has 5 aromatic carbocycles. The Morgan fingerprint density at radius 1 is 0.731 bits per heavy atom. The first-order chi connectivity index (χ1) is 24.9. The summed E-state index contributed by atoms with van der Waals surface area (Å²) < 4.78 is 71.7. The number of unbranched alkanes of at least 4 members (excludes halogenated alkanes) is 2. The zero-order valence-corrected chi connectivity index (χ0v) is 29.9. The van der Waals surface area contributed by atoms with Crippen molar-refractivity contribution in [3.05, 3.63) is 155 Å². The number of benzene rings is 5. The normalized spacial score (nSPS) is 11.6. The van der Waals surface area contributed by atoms with Crippen LogP contribution in [-0.4, -0.2) is 31.8 Å². The monoisotopic (exact) mass is 747 g/mol. The highest BCUT2D eigenvalue weighted by Crippen LogP contribution is 2.38. The Hall–Kier alpha value is -5.13. The molecule has 0 heterocycles. The zero-order chi connectivity index (χ0) is 37.3. The van der Waals surface area contributed by atoms with E-state index in [-0.39, 0.29) is 34.3 Å². The molecule has 5 rings (SSSR count). The Labute approximate surface area is 306 Å². The maximum atomic E-state index is 14.4. The Kier molecular flexibility index (Phi) is 12.4. The van der Waals surface area contributed by atoms with Crippen LogP contribution in [0.2, 0.25) is 5.02 Å². The van der Waals surface area contributed by atoms with Crippen molar-refractivity contribution in [1.82, 2.24) is 9.62 Å². The average Bonchev–Trinajstić information content (AvgIpc) is 3.13.